The third-order valence-electron chi connectivity index (χ3n) is 5.11. The first-order valence-corrected chi connectivity index (χ1v) is 9.60. The largest absolute Gasteiger partial charge is 0.497 e. The van der Waals surface area contributed by atoms with E-state index in [1.807, 2.05) is 4.90 Å². The number of aliphatic hydroxyl groups is 1. The van der Waals surface area contributed by atoms with E-state index in [2.05, 4.69) is 5.32 Å². The molecular formula is C22H26N2O4. The van der Waals surface area contributed by atoms with Gasteiger partial charge in [-0.05, 0) is 62.1 Å². The van der Waals surface area contributed by atoms with Crippen LogP contribution in [-0.4, -0.2) is 48.1 Å². The molecule has 2 aromatic rings. The summed E-state index contributed by atoms with van der Waals surface area (Å²) in [6, 6.07) is 13.9. The molecule has 6 heteroatoms. The van der Waals surface area contributed by atoms with E-state index >= 15 is 0 Å². The molecule has 0 aliphatic carbocycles. The van der Waals surface area contributed by atoms with Gasteiger partial charge in [-0.1, -0.05) is 12.1 Å². The summed E-state index contributed by atoms with van der Waals surface area (Å²) in [5.74, 6) is 0.282. The molecule has 2 aromatic carbocycles. The molecule has 0 bridgehead atoms. The maximum atomic E-state index is 13.2. The first-order chi connectivity index (χ1) is 13.6. The summed E-state index contributed by atoms with van der Waals surface area (Å²) >= 11 is 0. The number of piperidine rings is 1. The maximum absolute atomic E-state index is 13.2. The summed E-state index contributed by atoms with van der Waals surface area (Å²) in [5.41, 5.74) is 1.44. The van der Waals surface area contributed by atoms with Crippen molar-refractivity contribution in [3.05, 3.63) is 59.7 Å². The van der Waals surface area contributed by atoms with Crippen molar-refractivity contribution in [1.29, 1.82) is 0 Å². The van der Waals surface area contributed by atoms with Crippen LogP contribution in [0.1, 0.15) is 46.4 Å². The fourth-order valence-electron chi connectivity index (χ4n) is 3.59. The average Bonchev–Trinajstić information content (AvgIpc) is 2.74. The fourth-order valence-corrected chi connectivity index (χ4v) is 3.59. The van der Waals surface area contributed by atoms with E-state index in [-0.39, 0.29) is 24.5 Å². The van der Waals surface area contributed by atoms with Crippen LogP contribution in [0.3, 0.4) is 0 Å². The number of carbonyl (C=O) groups is 2. The van der Waals surface area contributed by atoms with Crippen LogP contribution < -0.4 is 10.1 Å². The summed E-state index contributed by atoms with van der Waals surface area (Å²) in [6.07, 6.45) is 3.48. The Morgan fingerprint density at radius 1 is 1.14 bits per heavy atom. The zero-order valence-corrected chi connectivity index (χ0v) is 16.1. The number of carbonyl (C=O) groups excluding carboxylic acids is 2. The lowest BCUT2D eigenvalue weighted by Crippen LogP contribution is -2.44. The van der Waals surface area contributed by atoms with Crippen molar-refractivity contribution in [3.63, 3.8) is 0 Å². The minimum absolute atomic E-state index is 0.0385. The van der Waals surface area contributed by atoms with Gasteiger partial charge >= 0.3 is 0 Å². The summed E-state index contributed by atoms with van der Waals surface area (Å²) in [7, 11) is 1.57. The Balaban J connectivity index is 1.80. The molecule has 3 rings (SSSR count). The standard InChI is InChI=1S/C22H26N2O4/c1-28-18-11-9-16(10-12-18)21(26)23-20-8-3-2-7-19(20)22(27)24-14-5-4-6-17(24)13-15-25/h2-3,7-12,17,25H,4-6,13-15H2,1H3,(H,23,26). The fraction of sp³-hybridized carbons (Fsp3) is 0.364. The number of ether oxygens (including phenoxy) is 1. The molecule has 1 saturated heterocycles. The second-order valence-electron chi connectivity index (χ2n) is 6.89. The zero-order valence-electron chi connectivity index (χ0n) is 16.1. The molecule has 28 heavy (non-hydrogen) atoms. The highest BCUT2D eigenvalue weighted by molar-refractivity contribution is 6.09. The second kappa shape index (κ2) is 9.37. The molecule has 1 unspecified atom stereocenters. The molecule has 1 fully saturated rings. The van der Waals surface area contributed by atoms with Gasteiger partial charge in [0.25, 0.3) is 11.8 Å². The molecule has 0 aromatic heterocycles. The van der Waals surface area contributed by atoms with Gasteiger partial charge in [-0.3, -0.25) is 9.59 Å². The van der Waals surface area contributed by atoms with Crippen LogP contribution in [-0.2, 0) is 0 Å². The first kappa shape index (κ1) is 19.9. The SMILES string of the molecule is COc1ccc(C(=O)Nc2ccccc2C(=O)N2CCCCC2CCO)cc1. The van der Waals surface area contributed by atoms with E-state index in [4.69, 9.17) is 4.74 Å². The van der Waals surface area contributed by atoms with Gasteiger partial charge < -0.3 is 20.1 Å². The number of anilines is 1. The van der Waals surface area contributed by atoms with Crippen molar-refractivity contribution in [1.82, 2.24) is 4.90 Å². The van der Waals surface area contributed by atoms with E-state index in [1.165, 1.54) is 0 Å². The maximum Gasteiger partial charge on any atom is 0.256 e. The van der Waals surface area contributed by atoms with Crippen molar-refractivity contribution in [2.75, 3.05) is 25.6 Å². The van der Waals surface area contributed by atoms with Gasteiger partial charge in [-0.25, -0.2) is 0 Å². The van der Waals surface area contributed by atoms with E-state index in [0.717, 1.165) is 19.3 Å². The molecular weight excluding hydrogens is 356 g/mol. The highest BCUT2D eigenvalue weighted by Gasteiger charge is 2.28. The van der Waals surface area contributed by atoms with E-state index in [1.54, 1.807) is 55.6 Å². The number of para-hydroxylation sites is 1. The highest BCUT2D eigenvalue weighted by Crippen LogP contribution is 2.25. The Morgan fingerprint density at radius 3 is 2.61 bits per heavy atom. The molecule has 1 heterocycles. The molecule has 6 nitrogen and oxygen atoms in total. The van der Waals surface area contributed by atoms with Crippen molar-refractivity contribution in [2.24, 2.45) is 0 Å². The van der Waals surface area contributed by atoms with Crippen molar-refractivity contribution >= 4 is 17.5 Å². The van der Waals surface area contributed by atoms with Crippen LogP contribution in [0.25, 0.3) is 0 Å². The van der Waals surface area contributed by atoms with Crippen LogP contribution >= 0.6 is 0 Å². The third-order valence-corrected chi connectivity index (χ3v) is 5.11. The Kier molecular flexibility index (Phi) is 6.66. The Morgan fingerprint density at radius 2 is 1.89 bits per heavy atom. The number of nitrogens with one attached hydrogen (secondary N) is 1. The van der Waals surface area contributed by atoms with Gasteiger partial charge in [0.05, 0.1) is 18.4 Å². The molecule has 148 valence electrons. The Hall–Kier alpha value is -2.86. The highest BCUT2D eigenvalue weighted by atomic mass is 16.5. The topological polar surface area (TPSA) is 78.9 Å². The van der Waals surface area contributed by atoms with Crippen LogP contribution in [0.4, 0.5) is 5.69 Å². The van der Waals surface area contributed by atoms with Gasteiger partial charge in [0.2, 0.25) is 0 Å². The number of amides is 2. The van der Waals surface area contributed by atoms with Gasteiger partial charge in [0, 0.05) is 24.8 Å². The molecule has 2 N–H and O–H groups in total. The Labute approximate surface area is 165 Å². The number of nitrogens with zero attached hydrogens (tertiary/aromatic N) is 1. The van der Waals surface area contributed by atoms with Crippen molar-refractivity contribution < 1.29 is 19.4 Å². The number of likely N-dealkylation sites (tertiary alicyclic amines) is 1. The number of hydrogen-bond donors (Lipinski definition) is 2. The van der Waals surface area contributed by atoms with Crippen LogP contribution in [0.15, 0.2) is 48.5 Å². The second-order valence-corrected chi connectivity index (χ2v) is 6.89. The Bertz CT molecular complexity index is 818. The smallest absolute Gasteiger partial charge is 0.256 e. The zero-order chi connectivity index (χ0) is 19.9. The molecule has 0 spiro atoms. The summed E-state index contributed by atoms with van der Waals surface area (Å²) in [4.78, 5) is 27.6. The minimum atomic E-state index is -0.284. The van der Waals surface area contributed by atoms with Gasteiger partial charge in [-0.15, -0.1) is 0 Å². The number of rotatable bonds is 6. The van der Waals surface area contributed by atoms with Crippen LogP contribution in [0.5, 0.6) is 5.75 Å². The molecule has 1 atom stereocenters. The monoisotopic (exact) mass is 382 g/mol. The van der Waals surface area contributed by atoms with E-state index < -0.39 is 0 Å². The molecule has 1 aliphatic rings. The lowest BCUT2D eigenvalue weighted by Gasteiger charge is -2.36. The van der Waals surface area contributed by atoms with Gasteiger partial charge in [0.1, 0.15) is 5.75 Å². The summed E-state index contributed by atoms with van der Waals surface area (Å²) in [6.45, 7) is 0.731. The van der Waals surface area contributed by atoms with Crippen molar-refractivity contribution in [2.45, 2.75) is 31.7 Å². The predicted octanol–water partition coefficient (Wildman–Crippen LogP) is 3.32. The summed E-state index contributed by atoms with van der Waals surface area (Å²) in [5, 5.41) is 12.2. The third kappa shape index (κ3) is 4.51. The minimum Gasteiger partial charge on any atom is -0.497 e. The molecule has 0 saturated carbocycles. The quantitative estimate of drug-likeness (QED) is 0.803. The number of methoxy groups -OCH3 is 1. The average molecular weight is 382 g/mol. The van der Waals surface area contributed by atoms with E-state index in [0.29, 0.717) is 35.5 Å². The number of aliphatic hydroxyl groups excluding tert-OH is 1. The van der Waals surface area contributed by atoms with Crippen molar-refractivity contribution in [3.8, 4) is 5.75 Å². The molecule has 2 amide bonds. The lowest BCUT2D eigenvalue weighted by molar-refractivity contribution is 0.0575. The molecule has 1 aliphatic heterocycles. The number of hydrogen-bond acceptors (Lipinski definition) is 4. The predicted molar refractivity (Wildman–Crippen MR) is 108 cm³/mol. The first-order valence-electron chi connectivity index (χ1n) is 9.60. The normalized spacial score (nSPS) is 16.5. The van der Waals surface area contributed by atoms with Gasteiger partial charge in [-0.2, -0.15) is 0 Å². The summed E-state index contributed by atoms with van der Waals surface area (Å²) < 4.78 is 5.12. The van der Waals surface area contributed by atoms with Crippen LogP contribution in [0, 0.1) is 0 Å². The van der Waals surface area contributed by atoms with Crippen LogP contribution in [0.2, 0.25) is 0 Å². The molecule has 0 radical (unpaired) electrons. The number of benzene rings is 2. The van der Waals surface area contributed by atoms with Gasteiger partial charge in [0.15, 0.2) is 0 Å². The van der Waals surface area contributed by atoms with E-state index in [9.17, 15) is 14.7 Å². The lowest BCUT2D eigenvalue weighted by atomic mass is 9.98.